The van der Waals surface area contributed by atoms with E-state index in [0.717, 1.165) is 29.7 Å². The van der Waals surface area contributed by atoms with Gasteiger partial charge in [0.15, 0.2) is 12.2 Å². The SMILES string of the molecule is C=C=CC=CC1=C(C)C(=C)C(CC)(CC)[n+]2c(CF)cccc21. The Bertz CT molecular complexity index is 726. The van der Waals surface area contributed by atoms with E-state index in [0.29, 0.717) is 5.69 Å². The Morgan fingerprint density at radius 1 is 1.30 bits per heavy atom. The van der Waals surface area contributed by atoms with Gasteiger partial charge in [0.2, 0.25) is 11.4 Å². The second-order valence-electron chi connectivity index (χ2n) is 5.86. The second kappa shape index (κ2) is 6.93. The Balaban J connectivity index is 2.84. The predicted molar refractivity (Wildman–Crippen MR) is 94.6 cm³/mol. The van der Waals surface area contributed by atoms with Crippen molar-refractivity contribution in [3.63, 3.8) is 0 Å². The lowest BCUT2D eigenvalue weighted by Gasteiger charge is -2.35. The molecule has 2 heteroatoms. The molecule has 1 aromatic heterocycles. The molecule has 2 heterocycles. The van der Waals surface area contributed by atoms with E-state index in [9.17, 15) is 4.39 Å². The van der Waals surface area contributed by atoms with Crippen LogP contribution in [0.3, 0.4) is 0 Å². The molecule has 2 rings (SSSR count). The highest BCUT2D eigenvalue weighted by Gasteiger charge is 2.47. The summed E-state index contributed by atoms with van der Waals surface area (Å²) in [7, 11) is 0. The van der Waals surface area contributed by atoms with Crippen molar-refractivity contribution in [2.75, 3.05) is 0 Å². The molecule has 1 nitrogen and oxygen atoms in total. The molecule has 0 aliphatic carbocycles. The van der Waals surface area contributed by atoms with Crippen LogP contribution in [0.1, 0.15) is 45.0 Å². The molecular weight excluding hydrogens is 285 g/mol. The normalized spacial score (nSPS) is 16.4. The highest BCUT2D eigenvalue weighted by molar-refractivity contribution is 5.78. The summed E-state index contributed by atoms with van der Waals surface area (Å²) < 4.78 is 15.8. The van der Waals surface area contributed by atoms with Crippen molar-refractivity contribution in [1.29, 1.82) is 0 Å². The molecule has 0 radical (unpaired) electrons. The van der Waals surface area contributed by atoms with E-state index in [1.165, 1.54) is 5.57 Å². The van der Waals surface area contributed by atoms with Crippen LogP contribution in [0.4, 0.5) is 4.39 Å². The first-order chi connectivity index (χ1) is 11.1. The molecule has 0 N–H and O–H groups in total. The summed E-state index contributed by atoms with van der Waals surface area (Å²) >= 11 is 0. The van der Waals surface area contributed by atoms with Crippen molar-refractivity contribution in [2.45, 2.75) is 45.8 Å². The van der Waals surface area contributed by atoms with Crippen molar-refractivity contribution in [3.8, 4) is 0 Å². The monoisotopic (exact) mass is 310 g/mol. The van der Waals surface area contributed by atoms with Gasteiger partial charge in [-0.2, -0.15) is 4.57 Å². The smallest absolute Gasteiger partial charge is 0.213 e. The van der Waals surface area contributed by atoms with Gasteiger partial charge in [0.05, 0.1) is 0 Å². The average Bonchev–Trinajstić information content (AvgIpc) is 2.59. The molecule has 1 aliphatic heterocycles. The van der Waals surface area contributed by atoms with Gasteiger partial charge in [0.1, 0.15) is 0 Å². The van der Waals surface area contributed by atoms with Gasteiger partial charge < -0.3 is 0 Å². The molecular formula is C21H25FN+. The topological polar surface area (TPSA) is 3.88 Å². The van der Waals surface area contributed by atoms with E-state index in [1.807, 2.05) is 24.3 Å². The molecule has 1 aromatic rings. The van der Waals surface area contributed by atoms with Gasteiger partial charge in [-0.15, -0.1) is 5.73 Å². The Morgan fingerprint density at radius 2 is 2.00 bits per heavy atom. The second-order valence-corrected chi connectivity index (χ2v) is 5.86. The number of hydrogen-bond donors (Lipinski definition) is 0. The Hall–Kier alpha value is -2.18. The quantitative estimate of drug-likeness (QED) is 0.400. The number of fused-ring (bicyclic) bond motifs is 1. The van der Waals surface area contributed by atoms with E-state index in [2.05, 4.69) is 50.3 Å². The van der Waals surface area contributed by atoms with Gasteiger partial charge in [-0.25, -0.2) is 4.39 Å². The van der Waals surface area contributed by atoms with E-state index in [1.54, 1.807) is 6.08 Å². The van der Waals surface area contributed by atoms with E-state index in [-0.39, 0.29) is 5.54 Å². The Morgan fingerprint density at radius 3 is 2.57 bits per heavy atom. The summed E-state index contributed by atoms with van der Waals surface area (Å²) in [5.41, 5.74) is 7.55. The zero-order valence-corrected chi connectivity index (χ0v) is 14.3. The van der Waals surface area contributed by atoms with Gasteiger partial charge in [-0.1, -0.05) is 33.1 Å². The molecule has 0 saturated carbocycles. The third kappa shape index (κ3) is 2.64. The zero-order chi connectivity index (χ0) is 17.0. The van der Waals surface area contributed by atoms with Crippen molar-refractivity contribution in [1.82, 2.24) is 0 Å². The van der Waals surface area contributed by atoms with E-state index >= 15 is 0 Å². The molecule has 0 spiro atoms. The van der Waals surface area contributed by atoms with Crippen LogP contribution in [-0.4, -0.2) is 0 Å². The lowest BCUT2D eigenvalue weighted by molar-refractivity contribution is -0.766. The van der Waals surface area contributed by atoms with Crippen molar-refractivity contribution >= 4 is 5.57 Å². The molecule has 23 heavy (non-hydrogen) atoms. The summed E-state index contributed by atoms with van der Waals surface area (Å²) in [4.78, 5) is 0. The maximum Gasteiger partial charge on any atom is 0.213 e. The summed E-state index contributed by atoms with van der Waals surface area (Å²) in [6.07, 6.45) is 7.49. The minimum Gasteiger partial charge on any atom is -0.239 e. The molecule has 0 atom stereocenters. The van der Waals surface area contributed by atoms with Gasteiger partial charge >= 0.3 is 0 Å². The van der Waals surface area contributed by atoms with Crippen molar-refractivity contribution in [3.05, 3.63) is 77.9 Å². The highest BCUT2D eigenvalue weighted by Crippen LogP contribution is 2.40. The fraction of sp³-hybridized carbons (Fsp3) is 0.333. The van der Waals surface area contributed by atoms with Gasteiger partial charge in [-0.05, 0) is 30.7 Å². The zero-order valence-electron chi connectivity index (χ0n) is 14.3. The van der Waals surface area contributed by atoms with Crippen molar-refractivity contribution in [2.24, 2.45) is 0 Å². The van der Waals surface area contributed by atoms with Crippen LogP contribution in [0, 0.1) is 0 Å². The molecule has 0 bridgehead atoms. The van der Waals surface area contributed by atoms with E-state index < -0.39 is 6.67 Å². The fourth-order valence-electron chi connectivity index (χ4n) is 3.63. The first kappa shape index (κ1) is 17.2. The van der Waals surface area contributed by atoms with Crippen LogP contribution in [0.2, 0.25) is 0 Å². The summed E-state index contributed by atoms with van der Waals surface area (Å²) in [5, 5.41) is 0. The van der Waals surface area contributed by atoms with Gasteiger partial charge in [0.25, 0.3) is 0 Å². The fourth-order valence-corrected chi connectivity index (χ4v) is 3.63. The number of alkyl halides is 1. The third-order valence-corrected chi connectivity index (χ3v) is 4.98. The van der Waals surface area contributed by atoms with Crippen LogP contribution >= 0.6 is 0 Å². The molecule has 0 aromatic carbocycles. The summed E-state index contributed by atoms with van der Waals surface area (Å²) in [6, 6.07) is 5.85. The number of halogens is 1. The minimum atomic E-state index is -0.481. The molecule has 120 valence electrons. The molecule has 0 saturated heterocycles. The largest absolute Gasteiger partial charge is 0.239 e. The molecule has 0 unspecified atom stereocenters. The van der Waals surface area contributed by atoms with Crippen LogP contribution in [0.5, 0.6) is 0 Å². The lowest BCUT2D eigenvalue weighted by Crippen LogP contribution is -2.62. The Kier molecular flexibility index (Phi) is 5.18. The first-order valence-corrected chi connectivity index (χ1v) is 8.11. The molecule has 0 amide bonds. The van der Waals surface area contributed by atoms with Crippen LogP contribution in [-0.2, 0) is 12.2 Å². The number of aromatic nitrogens is 1. The van der Waals surface area contributed by atoms with Gasteiger partial charge in [-0.3, -0.25) is 0 Å². The number of rotatable bonds is 5. The average molecular weight is 310 g/mol. The third-order valence-electron chi connectivity index (χ3n) is 4.98. The lowest BCUT2D eigenvalue weighted by atomic mass is 9.75. The maximum atomic E-state index is 13.7. The number of pyridine rings is 1. The Labute approximate surface area is 138 Å². The van der Waals surface area contributed by atoms with Gasteiger partial charge in [0, 0.05) is 36.1 Å². The number of allylic oxidation sites excluding steroid dienone is 6. The highest BCUT2D eigenvalue weighted by atomic mass is 19.1. The minimum absolute atomic E-state index is 0.256. The standard InChI is InChI=1S/C21H25FN/c1-6-9-10-13-19-16(4)17(5)21(7-2,8-3)23-18(15-22)12-11-14-20(19)23/h9-14H,1,5,7-8,15H2,2-4H3/q+1. The van der Waals surface area contributed by atoms with Crippen LogP contribution in [0.25, 0.3) is 5.57 Å². The van der Waals surface area contributed by atoms with Crippen molar-refractivity contribution < 1.29 is 8.96 Å². The van der Waals surface area contributed by atoms with Crippen LogP contribution in [0.15, 0.2) is 66.5 Å². The summed E-state index contributed by atoms with van der Waals surface area (Å²) in [6.45, 7) is 13.9. The summed E-state index contributed by atoms with van der Waals surface area (Å²) in [5.74, 6) is 0. The number of hydrogen-bond acceptors (Lipinski definition) is 0. The van der Waals surface area contributed by atoms with E-state index in [4.69, 9.17) is 0 Å². The number of nitrogens with zero attached hydrogens (tertiary/aromatic N) is 1. The molecule has 1 aliphatic rings. The molecule has 0 fully saturated rings. The first-order valence-electron chi connectivity index (χ1n) is 8.11. The van der Waals surface area contributed by atoms with Crippen LogP contribution < -0.4 is 4.57 Å². The maximum absolute atomic E-state index is 13.7. The predicted octanol–water partition coefficient (Wildman–Crippen LogP) is 5.20.